The van der Waals surface area contributed by atoms with E-state index in [9.17, 15) is 14.7 Å². The maximum atomic E-state index is 11.3. The van der Waals surface area contributed by atoms with Crippen LogP contribution in [0.1, 0.15) is 19.8 Å². The first kappa shape index (κ1) is 11.9. The maximum Gasteiger partial charge on any atom is 0.252 e. The largest absolute Gasteiger partial charge is 0.392 e. The van der Waals surface area contributed by atoms with E-state index in [1.165, 1.54) is 6.92 Å². The number of carbonyl (C=O) groups excluding carboxylic acids is 2. The van der Waals surface area contributed by atoms with E-state index in [-0.39, 0.29) is 24.5 Å². The summed E-state index contributed by atoms with van der Waals surface area (Å²) in [6.07, 6.45) is 1.35. The SMILES string of the molecule is CC(=O)NNC(=O)CN1CCCC(O)C1. The number of amides is 2. The fourth-order valence-electron chi connectivity index (χ4n) is 1.58. The number of rotatable bonds is 2. The van der Waals surface area contributed by atoms with Crippen LogP contribution in [-0.2, 0) is 9.59 Å². The molecule has 2 amide bonds. The molecule has 1 heterocycles. The molecule has 0 aliphatic carbocycles. The Balaban J connectivity index is 2.22. The van der Waals surface area contributed by atoms with Crippen molar-refractivity contribution in [3.8, 4) is 0 Å². The molecule has 1 saturated heterocycles. The minimum Gasteiger partial charge on any atom is -0.392 e. The van der Waals surface area contributed by atoms with E-state index in [1.54, 1.807) is 0 Å². The highest BCUT2D eigenvalue weighted by atomic mass is 16.3. The van der Waals surface area contributed by atoms with E-state index in [0.29, 0.717) is 6.54 Å². The van der Waals surface area contributed by atoms with Crippen LogP contribution >= 0.6 is 0 Å². The molecule has 15 heavy (non-hydrogen) atoms. The third-order valence-corrected chi connectivity index (χ3v) is 2.23. The molecule has 1 unspecified atom stereocenters. The summed E-state index contributed by atoms with van der Waals surface area (Å²) in [6, 6.07) is 0. The average molecular weight is 215 g/mol. The molecule has 3 N–H and O–H groups in total. The zero-order valence-corrected chi connectivity index (χ0v) is 8.82. The van der Waals surface area contributed by atoms with Gasteiger partial charge in [0.25, 0.3) is 5.91 Å². The molecule has 0 spiro atoms. The molecule has 6 nitrogen and oxygen atoms in total. The second-order valence-electron chi connectivity index (χ2n) is 3.76. The summed E-state index contributed by atoms with van der Waals surface area (Å²) in [4.78, 5) is 23.7. The molecule has 0 aromatic carbocycles. The number of hydrazine groups is 1. The molecule has 0 bridgehead atoms. The van der Waals surface area contributed by atoms with Gasteiger partial charge in [0.05, 0.1) is 12.6 Å². The topological polar surface area (TPSA) is 81.7 Å². The van der Waals surface area contributed by atoms with Gasteiger partial charge in [0, 0.05) is 13.5 Å². The standard InChI is InChI=1S/C9H17N3O3/c1-7(13)10-11-9(15)6-12-4-2-3-8(14)5-12/h8,14H,2-6H2,1H3,(H,10,13)(H,11,15). The van der Waals surface area contributed by atoms with Crippen LogP contribution in [0.5, 0.6) is 0 Å². The summed E-state index contributed by atoms with van der Waals surface area (Å²) in [5, 5.41) is 9.37. The molecule has 6 heteroatoms. The maximum absolute atomic E-state index is 11.3. The monoisotopic (exact) mass is 215 g/mol. The van der Waals surface area contributed by atoms with Gasteiger partial charge < -0.3 is 5.11 Å². The molecule has 86 valence electrons. The number of carbonyl (C=O) groups is 2. The molecule has 0 saturated carbocycles. The molecular weight excluding hydrogens is 198 g/mol. The molecule has 0 aromatic rings. The van der Waals surface area contributed by atoms with Crippen molar-refractivity contribution in [2.75, 3.05) is 19.6 Å². The number of nitrogens with one attached hydrogen (secondary N) is 2. The molecule has 1 atom stereocenters. The Labute approximate surface area is 88.6 Å². The van der Waals surface area contributed by atoms with Crippen LogP contribution in [0.15, 0.2) is 0 Å². The fourth-order valence-corrected chi connectivity index (χ4v) is 1.58. The van der Waals surface area contributed by atoms with Gasteiger partial charge in [-0.25, -0.2) is 0 Å². The summed E-state index contributed by atoms with van der Waals surface area (Å²) in [5.41, 5.74) is 4.50. The first-order valence-corrected chi connectivity index (χ1v) is 5.04. The Morgan fingerprint density at radius 1 is 1.47 bits per heavy atom. The van der Waals surface area contributed by atoms with Gasteiger partial charge in [-0.05, 0) is 19.4 Å². The van der Waals surface area contributed by atoms with E-state index in [1.807, 2.05) is 4.90 Å². The number of hydrogen-bond donors (Lipinski definition) is 3. The van der Waals surface area contributed by atoms with Gasteiger partial charge in [-0.3, -0.25) is 25.3 Å². The third kappa shape index (κ3) is 4.75. The zero-order chi connectivity index (χ0) is 11.3. The van der Waals surface area contributed by atoms with Crippen molar-refractivity contribution in [1.29, 1.82) is 0 Å². The van der Waals surface area contributed by atoms with E-state index < -0.39 is 0 Å². The van der Waals surface area contributed by atoms with Gasteiger partial charge in [-0.1, -0.05) is 0 Å². The minimum absolute atomic E-state index is 0.206. The second kappa shape index (κ2) is 5.67. The molecule has 1 aliphatic rings. The van der Waals surface area contributed by atoms with E-state index in [0.717, 1.165) is 19.4 Å². The van der Waals surface area contributed by atoms with Gasteiger partial charge >= 0.3 is 0 Å². The molecular formula is C9H17N3O3. The number of aliphatic hydroxyl groups is 1. The Hall–Kier alpha value is -1.14. The highest BCUT2D eigenvalue weighted by Crippen LogP contribution is 2.08. The third-order valence-electron chi connectivity index (χ3n) is 2.23. The molecule has 0 radical (unpaired) electrons. The van der Waals surface area contributed by atoms with Crippen molar-refractivity contribution >= 4 is 11.8 Å². The van der Waals surface area contributed by atoms with E-state index in [2.05, 4.69) is 10.9 Å². The lowest BCUT2D eigenvalue weighted by atomic mass is 10.1. The van der Waals surface area contributed by atoms with Crippen molar-refractivity contribution in [2.45, 2.75) is 25.9 Å². The quantitative estimate of drug-likeness (QED) is 0.495. The van der Waals surface area contributed by atoms with Crippen LogP contribution in [0.25, 0.3) is 0 Å². The van der Waals surface area contributed by atoms with Gasteiger partial charge in [0.15, 0.2) is 0 Å². The average Bonchev–Trinajstić information content (AvgIpc) is 2.15. The molecule has 1 aliphatic heterocycles. The minimum atomic E-state index is -0.340. The first-order valence-electron chi connectivity index (χ1n) is 5.04. The fraction of sp³-hybridized carbons (Fsp3) is 0.778. The Morgan fingerprint density at radius 3 is 2.80 bits per heavy atom. The highest BCUT2D eigenvalue weighted by Gasteiger charge is 2.19. The van der Waals surface area contributed by atoms with Crippen molar-refractivity contribution in [1.82, 2.24) is 15.8 Å². The number of β-amino-alcohol motifs (C(OH)–C–C–N with tert-alkyl or cyclic N) is 1. The number of piperidine rings is 1. The molecule has 1 rings (SSSR count). The summed E-state index contributed by atoms with van der Waals surface area (Å²) >= 11 is 0. The summed E-state index contributed by atoms with van der Waals surface area (Å²) in [5.74, 6) is -0.568. The predicted molar refractivity (Wildman–Crippen MR) is 53.6 cm³/mol. The van der Waals surface area contributed by atoms with Crippen LogP contribution < -0.4 is 10.9 Å². The summed E-state index contributed by atoms with van der Waals surface area (Å²) in [6.45, 7) is 2.86. The lowest BCUT2D eigenvalue weighted by Crippen LogP contribution is -2.48. The van der Waals surface area contributed by atoms with Gasteiger partial charge in [0.1, 0.15) is 0 Å². The first-order chi connectivity index (χ1) is 7.08. The van der Waals surface area contributed by atoms with Crippen LogP contribution in [0.2, 0.25) is 0 Å². The smallest absolute Gasteiger partial charge is 0.252 e. The van der Waals surface area contributed by atoms with Crippen LogP contribution in [0.3, 0.4) is 0 Å². The van der Waals surface area contributed by atoms with Gasteiger partial charge in [0.2, 0.25) is 5.91 Å². The Kier molecular flexibility index (Phi) is 4.51. The Morgan fingerprint density at radius 2 is 2.20 bits per heavy atom. The summed E-state index contributed by atoms with van der Waals surface area (Å²) < 4.78 is 0. The van der Waals surface area contributed by atoms with E-state index >= 15 is 0 Å². The van der Waals surface area contributed by atoms with Crippen molar-refractivity contribution < 1.29 is 14.7 Å². The number of nitrogens with zero attached hydrogens (tertiary/aromatic N) is 1. The number of aliphatic hydroxyl groups excluding tert-OH is 1. The zero-order valence-electron chi connectivity index (χ0n) is 8.82. The van der Waals surface area contributed by atoms with Crippen molar-refractivity contribution in [2.24, 2.45) is 0 Å². The van der Waals surface area contributed by atoms with Crippen LogP contribution in [0, 0.1) is 0 Å². The van der Waals surface area contributed by atoms with Crippen LogP contribution in [0.4, 0.5) is 0 Å². The van der Waals surface area contributed by atoms with Crippen molar-refractivity contribution in [3.05, 3.63) is 0 Å². The number of likely N-dealkylation sites (tertiary alicyclic amines) is 1. The highest BCUT2D eigenvalue weighted by molar-refractivity contribution is 5.81. The normalized spacial score (nSPS) is 22.1. The van der Waals surface area contributed by atoms with Gasteiger partial charge in [-0.2, -0.15) is 0 Å². The van der Waals surface area contributed by atoms with E-state index in [4.69, 9.17) is 0 Å². The Bertz CT molecular complexity index is 245. The molecule has 1 fully saturated rings. The molecule has 0 aromatic heterocycles. The van der Waals surface area contributed by atoms with Crippen molar-refractivity contribution in [3.63, 3.8) is 0 Å². The lowest BCUT2D eigenvalue weighted by Gasteiger charge is -2.29. The second-order valence-corrected chi connectivity index (χ2v) is 3.76. The van der Waals surface area contributed by atoms with Gasteiger partial charge in [-0.15, -0.1) is 0 Å². The summed E-state index contributed by atoms with van der Waals surface area (Å²) in [7, 11) is 0. The van der Waals surface area contributed by atoms with Crippen LogP contribution in [-0.4, -0.2) is 47.6 Å². The predicted octanol–water partition coefficient (Wildman–Crippen LogP) is -1.39. The number of hydrogen-bond acceptors (Lipinski definition) is 4. The lowest BCUT2D eigenvalue weighted by molar-refractivity contribution is -0.129.